The van der Waals surface area contributed by atoms with Crippen LogP contribution in [0.25, 0.3) is 11.3 Å². The summed E-state index contributed by atoms with van der Waals surface area (Å²) in [6.07, 6.45) is 0. The maximum Gasteiger partial charge on any atom is 0.341 e. The van der Waals surface area contributed by atoms with Gasteiger partial charge in [-0.1, -0.05) is 17.7 Å². The van der Waals surface area contributed by atoms with E-state index < -0.39 is 11.5 Å². The molecule has 0 aliphatic rings. The fourth-order valence-electron chi connectivity index (χ4n) is 2.39. The standard InChI is InChI=1S/C15H15NO3/c1-8-6-9(2)13(10(3)7-8)12-5-4-11(15(18)19)14(17)16-12/h4-7H,1-3H3,(H,16,17)(H,18,19). The van der Waals surface area contributed by atoms with Gasteiger partial charge in [0.05, 0.1) is 0 Å². The molecule has 2 aromatic rings. The van der Waals surface area contributed by atoms with Gasteiger partial charge < -0.3 is 10.1 Å². The molecule has 0 radical (unpaired) electrons. The normalized spacial score (nSPS) is 10.5. The third-order valence-corrected chi connectivity index (χ3v) is 3.09. The molecule has 98 valence electrons. The van der Waals surface area contributed by atoms with Crippen LogP contribution in [0.2, 0.25) is 0 Å². The van der Waals surface area contributed by atoms with Gasteiger partial charge in [0.2, 0.25) is 0 Å². The number of carboxylic acids is 1. The van der Waals surface area contributed by atoms with Crippen molar-refractivity contribution in [3.8, 4) is 11.3 Å². The number of carboxylic acid groups (broad SMARTS) is 1. The van der Waals surface area contributed by atoms with E-state index in [1.54, 1.807) is 6.07 Å². The van der Waals surface area contributed by atoms with Crippen molar-refractivity contribution in [1.82, 2.24) is 4.98 Å². The minimum absolute atomic E-state index is 0.244. The fourth-order valence-corrected chi connectivity index (χ4v) is 2.39. The summed E-state index contributed by atoms with van der Waals surface area (Å²) in [5.74, 6) is -1.22. The van der Waals surface area contributed by atoms with Crippen LogP contribution < -0.4 is 5.56 Å². The number of nitrogens with one attached hydrogen (secondary N) is 1. The predicted octanol–water partition coefficient (Wildman–Crippen LogP) is 2.67. The van der Waals surface area contributed by atoms with E-state index in [0.29, 0.717) is 5.69 Å². The summed E-state index contributed by atoms with van der Waals surface area (Å²) in [5, 5.41) is 8.85. The van der Waals surface area contributed by atoms with Crippen LogP contribution >= 0.6 is 0 Å². The molecule has 4 nitrogen and oxygen atoms in total. The molecule has 1 aromatic heterocycles. The smallest absolute Gasteiger partial charge is 0.341 e. The highest BCUT2D eigenvalue weighted by Gasteiger charge is 2.12. The maximum absolute atomic E-state index is 11.7. The van der Waals surface area contributed by atoms with Crippen molar-refractivity contribution in [2.24, 2.45) is 0 Å². The first-order valence-corrected chi connectivity index (χ1v) is 5.95. The van der Waals surface area contributed by atoms with Crippen molar-refractivity contribution in [3.05, 3.63) is 56.9 Å². The fraction of sp³-hybridized carbons (Fsp3) is 0.200. The van der Waals surface area contributed by atoms with Crippen LogP contribution in [0.5, 0.6) is 0 Å². The van der Waals surface area contributed by atoms with Gasteiger partial charge in [0.15, 0.2) is 0 Å². The highest BCUT2D eigenvalue weighted by Crippen LogP contribution is 2.26. The molecule has 0 aliphatic heterocycles. The molecule has 2 N–H and O–H groups in total. The second-order valence-corrected chi connectivity index (χ2v) is 4.69. The Morgan fingerprint density at radius 3 is 2.16 bits per heavy atom. The van der Waals surface area contributed by atoms with Crippen molar-refractivity contribution in [2.75, 3.05) is 0 Å². The number of hydrogen-bond donors (Lipinski definition) is 2. The first-order chi connectivity index (χ1) is 8.90. The van der Waals surface area contributed by atoms with E-state index in [0.717, 1.165) is 22.3 Å². The predicted molar refractivity (Wildman–Crippen MR) is 73.7 cm³/mol. The topological polar surface area (TPSA) is 70.2 Å². The quantitative estimate of drug-likeness (QED) is 0.868. The Kier molecular flexibility index (Phi) is 3.25. The van der Waals surface area contributed by atoms with Crippen LogP contribution in [0, 0.1) is 20.8 Å². The number of rotatable bonds is 2. The lowest BCUT2D eigenvalue weighted by Gasteiger charge is -2.11. The van der Waals surface area contributed by atoms with Gasteiger partial charge in [0.1, 0.15) is 5.56 Å². The highest BCUT2D eigenvalue weighted by molar-refractivity contribution is 5.87. The van der Waals surface area contributed by atoms with Crippen molar-refractivity contribution in [2.45, 2.75) is 20.8 Å². The van der Waals surface area contributed by atoms with Gasteiger partial charge in [0.25, 0.3) is 5.56 Å². The average Bonchev–Trinajstić information content (AvgIpc) is 2.26. The van der Waals surface area contributed by atoms with Gasteiger partial charge in [-0.25, -0.2) is 4.79 Å². The first-order valence-electron chi connectivity index (χ1n) is 5.95. The molecule has 1 heterocycles. The summed E-state index contributed by atoms with van der Waals surface area (Å²) < 4.78 is 0. The molecular formula is C15H15NO3. The van der Waals surface area contributed by atoms with Crippen LogP contribution in [0.3, 0.4) is 0 Å². The van der Waals surface area contributed by atoms with Crippen molar-refractivity contribution in [3.63, 3.8) is 0 Å². The Hall–Kier alpha value is -2.36. The van der Waals surface area contributed by atoms with E-state index in [4.69, 9.17) is 5.11 Å². The molecule has 0 amide bonds. The largest absolute Gasteiger partial charge is 0.477 e. The molecule has 0 spiro atoms. The zero-order valence-corrected chi connectivity index (χ0v) is 11.1. The highest BCUT2D eigenvalue weighted by atomic mass is 16.4. The summed E-state index contributed by atoms with van der Waals surface area (Å²) in [4.78, 5) is 25.2. The molecule has 0 atom stereocenters. The minimum Gasteiger partial charge on any atom is -0.477 e. The Labute approximate surface area is 110 Å². The summed E-state index contributed by atoms with van der Waals surface area (Å²) in [7, 11) is 0. The van der Waals surface area contributed by atoms with Crippen molar-refractivity contribution in [1.29, 1.82) is 0 Å². The number of pyridine rings is 1. The van der Waals surface area contributed by atoms with E-state index in [-0.39, 0.29) is 5.56 Å². The molecule has 0 aliphatic carbocycles. The molecule has 0 saturated heterocycles. The molecule has 1 aromatic carbocycles. The SMILES string of the molecule is Cc1cc(C)c(-c2ccc(C(=O)O)c(=O)[nH]2)c(C)c1. The number of hydrogen-bond acceptors (Lipinski definition) is 2. The second-order valence-electron chi connectivity index (χ2n) is 4.69. The minimum atomic E-state index is -1.22. The Morgan fingerprint density at radius 1 is 1.11 bits per heavy atom. The average molecular weight is 257 g/mol. The lowest BCUT2D eigenvalue weighted by Crippen LogP contribution is -2.17. The number of carbonyl (C=O) groups is 1. The summed E-state index contributed by atoms with van der Waals surface area (Å²) in [6, 6.07) is 7.04. The number of benzene rings is 1. The molecule has 19 heavy (non-hydrogen) atoms. The van der Waals surface area contributed by atoms with Crippen molar-refractivity contribution >= 4 is 5.97 Å². The number of aryl methyl sites for hydroxylation is 3. The van der Waals surface area contributed by atoms with E-state index in [2.05, 4.69) is 4.98 Å². The van der Waals surface area contributed by atoms with Gasteiger partial charge in [-0.15, -0.1) is 0 Å². The monoisotopic (exact) mass is 257 g/mol. The zero-order valence-electron chi connectivity index (χ0n) is 11.1. The van der Waals surface area contributed by atoms with Gasteiger partial charge in [-0.3, -0.25) is 4.79 Å². The molecule has 2 rings (SSSR count). The van der Waals surface area contributed by atoms with Crippen molar-refractivity contribution < 1.29 is 9.90 Å². The van der Waals surface area contributed by atoms with E-state index >= 15 is 0 Å². The van der Waals surface area contributed by atoms with Crippen LogP contribution in [-0.4, -0.2) is 16.1 Å². The third kappa shape index (κ3) is 2.42. The molecule has 0 fully saturated rings. The Balaban J connectivity index is 2.64. The summed E-state index contributed by atoms with van der Waals surface area (Å²) in [5.41, 5.74) is 4.02. The Morgan fingerprint density at radius 2 is 1.68 bits per heavy atom. The van der Waals surface area contributed by atoms with Crippen LogP contribution in [0.4, 0.5) is 0 Å². The van der Waals surface area contributed by atoms with E-state index in [9.17, 15) is 9.59 Å². The third-order valence-electron chi connectivity index (χ3n) is 3.09. The Bertz CT molecular complexity index is 691. The molecule has 0 unspecified atom stereocenters. The van der Waals surface area contributed by atoms with Gasteiger partial charge in [-0.2, -0.15) is 0 Å². The molecule has 0 saturated carbocycles. The lowest BCUT2D eigenvalue weighted by atomic mass is 9.97. The van der Waals surface area contributed by atoms with Crippen LogP contribution in [0.1, 0.15) is 27.0 Å². The van der Waals surface area contributed by atoms with Gasteiger partial charge >= 0.3 is 5.97 Å². The zero-order chi connectivity index (χ0) is 14.2. The second kappa shape index (κ2) is 4.72. The summed E-state index contributed by atoms with van der Waals surface area (Å²) >= 11 is 0. The van der Waals surface area contributed by atoms with Crippen LogP contribution in [-0.2, 0) is 0 Å². The van der Waals surface area contributed by atoms with Gasteiger partial charge in [0, 0.05) is 11.3 Å². The molecular weight excluding hydrogens is 242 g/mol. The summed E-state index contributed by atoms with van der Waals surface area (Å²) in [6.45, 7) is 5.96. The number of H-pyrrole nitrogens is 1. The maximum atomic E-state index is 11.7. The van der Waals surface area contributed by atoms with Crippen LogP contribution in [0.15, 0.2) is 29.1 Å². The molecule has 0 bridgehead atoms. The first kappa shape index (κ1) is 13.1. The van der Waals surface area contributed by atoms with E-state index in [1.807, 2.05) is 32.9 Å². The number of aromatic carboxylic acids is 1. The number of aromatic nitrogens is 1. The van der Waals surface area contributed by atoms with Gasteiger partial charge in [-0.05, 0) is 44.0 Å². The van der Waals surface area contributed by atoms with E-state index in [1.165, 1.54) is 6.07 Å². The lowest BCUT2D eigenvalue weighted by molar-refractivity contribution is 0.0695. The molecule has 4 heteroatoms. The number of aromatic amines is 1.